The third-order valence-electron chi connectivity index (χ3n) is 3.00. The molecule has 1 atom stereocenters. The number of hydrogen-bond acceptors (Lipinski definition) is 3. The van der Waals surface area contributed by atoms with Gasteiger partial charge in [-0.1, -0.05) is 12.1 Å². The van der Waals surface area contributed by atoms with E-state index >= 15 is 0 Å². The molecule has 0 bridgehead atoms. The largest absolute Gasteiger partial charge is 0.417 e. The quantitative estimate of drug-likeness (QED) is 0.518. The Kier molecular flexibility index (Phi) is 4.54. The van der Waals surface area contributed by atoms with Crippen LogP contribution in [0.1, 0.15) is 22.9 Å². The Morgan fingerprint density at radius 1 is 1.19 bits per heavy atom. The zero-order valence-electron chi connectivity index (χ0n) is 10.9. The topological polar surface area (TPSA) is 50.9 Å². The molecule has 112 valence electrons. The van der Waals surface area contributed by atoms with Gasteiger partial charge in [0.1, 0.15) is 5.82 Å². The van der Waals surface area contributed by atoms with Crippen LogP contribution in [0.5, 0.6) is 0 Å². The van der Waals surface area contributed by atoms with Crippen molar-refractivity contribution in [1.82, 2.24) is 10.4 Å². The van der Waals surface area contributed by atoms with E-state index in [1.54, 1.807) is 12.1 Å². The Hall–Kier alpha value is -1.99. The van der Waals surface area contributed by atoms with Crippen molar-refractivity contribution < 1.29 is 17.6 Å². The lowest BCUT2D eigenvalue weighted by Gasteiger charge is -2.16. The predicted molar refractivity (Wildman–Crippen MR) is 69.4 cm³/mol. The molecule has 0 aliphatic carbocycles. The average molecular weight is 299 g/mol. The van der Waals surface area contributed by atoms with Crippen molar-refractivity contribution in [2.75, 3.05) is 0 Å². The van der Waals surface area contributed by atoms with Gasteiger partial charge in [0.25, 0.3) is 0 Å². The number of nitrogens with two attached hydrogens (primary N) is 1. The van der Waals surface area contributed by atoms with E-state index in [4.69, 9.17) is 5.84 Å². The van der Waals surface area contributed by atoms with Gasteiger partial charge in [-0.2, -0.15) is 13.2 Å². The molecule has 1 aromatic heterocycles. The maximum Gasteiger partial charge on any atom is 0.417 e. The summed E-state index contributed by atoms with van der Waals surface area (Å²) in [6.07, 6.45) is -3.36. The lowest BCUT2D eigenvalue weighted by atomic mass is 10.0. The van der Waals surface area contributed by atoms with Crippen molar-refractivity contribution in [2.24, 2.45) is 5.84 Å². The van der Waals surface area contributed by atoms with Gasteiger partial charge in [0, 0.05) is 6.20 Å². The van der Waals surface area contributed by atoms with Crippen LogP contribution in [0.25, 0.3) is 0 Å². The Labute approximate surface area is 118 Å². The standard InChI is InChI=1S/C14H13F4N3/c15-11-3-1-2-9(6-11)7-13(21-19)12-5-4-10(8-20-12)14(16,17)18/h1-6,8,13,21H,7,19H2. The summed E-state index contributed by atoms with van der Waals surface area (Å²) >= 11 is 0. The van der Waals surface area contributed by atoms with Gasteiger partial charge in [0.05, 0.1) is 17.3 Å². The summed E-state index contributed by atoms with van der Waals surface area (Å²) in [6, 6.07) is 7.61. The molecule has 0 aliphatic heterocycles. The Balaban J connectivity index is 2.18. The molecular formula is C14H13F4N3. The molecule has 0 radical (unpaired) electrons. The fourth-order valence-corrected chi connectivity index (χ4v) is 1.93. The lowest BCUT2D eigenvalue weighted by molar-refractivity contribution is -0.137. The molecular weight excluding hydrogens is 286 g/mol. The van der Waals surface area contributed by atoms with E-state index in [9.17, 15) is 17.6 Å². The summed E-state index contributed by atoms with van der Waals surface area (Å²) in [5.74, 6) is 5.02. The lowest BCUT2D eigenvalue weighted by Crippen LogP contribution is -2.30. The van der Waals surface area contributed by atoms with Gasteiger partial charge in [-0.15, -0.1) is 0 Å². The van der Waals surface area contributed by atoms with Crippen LogP contribution in [0.4, 0.5) is 17.6 Å². The van der Waals surface area contributed by atoms with Crippen LogP contribution >= 0.6 is 0 Å². The number of aromatic nitrogens is 1. The Bertz CT molecular complexity index is 596. The highest BCUT2D eigenvalue weighted by Gasteiger charge is 2.30. The van der Waals surface area contributed by atoms with Crippen molar-refractivity contribution in [3.63, 3.8) is 0 Å². The number of benzene rings is 1. The normalized spacial score (nSPS) is 13.2. The summed E-state index contributed by atoms with van der Waals surface area (Å²) in [5, 5.41) is 0. The van der Waals surface area contributed by atoms with Crippen LogP contribution in [-0.2, 0) is 12.6 Å². The van der Waals surface area contributed by atoms with Crippen LogP contribution in [-0.4, -0.2) is 4.98 Å². The van der Waals surface area contributed by atoms with Crippen molar-refractivity contribution >= 4 is 0 Å². The smallest absolute Gasteiger partial charge is 0.271 e. The third-order valence-corrected chi connectivity index (χ3v) is 3.00. The predicted octanol–water partition coefficient (Wildman–Crippen LogP) is 2.99. The first-order valence-electron chi connectivity index (χ1n) is 6.14. The molecule has 3 nitrogen and oxygen atoms in total. The van der Waals surface area contributed by atoms with Gasteiger partial charge in [-0.05, 0) is 36.2 Å². The minimum Gasteiger partial charge on any atom is -0.271 e. The first kappa shape index (κ1) is 15.4. The maximum atomic E-state index is 13.1. The molecule has 1 unspecified atom stereocenters. The van der Waals surface area contributed by atoms with Crippen molar-refractivity contribution in [2.45, 2.75) is 18.6 Å². The van der Waals surface area contributed by atoms with E-state index < -0.39 is 17.8 Å². The molecule has 1 heterocycles. The molecule has 3 N–H and O–H groups in total. The second kappa shape index (κ2) is 6.19. The van der Waals surface area contributed by atoms with Crippen LogP contribution in [0.3, 0.4) is 0 Å². The van der Waals surface area contributed by atoms with E-state index in [1.165, 1.54) is 18.2 Å². The third kappa shape index (κ3) is 3.99. The highest BCUT2D eigenvalue weighted by molar-refractivity contribution is 5.23. The SMILES string of the molecule is NNC(Cc1cccc(F)c1)c1ccc(C(F)(F)F)cn1. The fourth-order valence-electron chi connectivity index (χ4n) is 1.93. The van der Waals surface area contributed by atoms with E-state index in [-0.39, 0.29) is 5.82 Å². The summed E-state index contributed by atoms with van der Waals surface area (Å²) < 4.78 is 50.5. The highest BCUT2D eigenvalue weighted by Crippen LogP contribution is 2.29. The maximum absolute atomic E-state index is 13.1. The Morgan fingerprint density at radius 3 is 2.48 bits per heavy atom. The molecule has 0 saturated carbocycles. The number of hydrogen-bond donors (Lipinski definition) is 2. The number of alkyl halides is 3. The van der Waals surface area contributed by atoms with E-state index in [0.717, 1.165) is 12.3 Å². The summed E-state index contributed by atoms with van der Waals surface area (Å²) in [6.45, 7) is 0. The van der Waals surface area contributed by atoms with Gasteiger partial charge >= 0.3 is 6.18 Å². The van der Waals surface area contributed by atoms with Gasteiger partial charge in [-0.3, -0.25) is 16.3 Å². The van der Waals surface area contributed by atoms with Gasteiger partial charge < -0.3 is 0 Å². The Morgan fingerprint density at radius 2 is 1.95 bits per heavy atom. The molecule has 0 saturated heterocycles. The molecule has 2 aromatic rings. The molecule has 0 fully saturated rings. The van der Waals surface area contributed by atoms with Crippen molar-refractivity contribution in [3.8, 4) is 0 Å². The number of pyridine rings is 1. The molecule has 0 aliphatic rings. The first-order valence-corrected chi connectivity index (χ1v) is 6.14. The average Bonchev–Trinajstić information content (AvgIpc) is 2.44. The van der Waals surface area contributed by atoms with E-state index in [0.29, 0.717) is 17.7 Å². The molecule has 0 amide bonds. The molecule has 7 heteroatoms. The monoisotopic (exact) mass is 299 g/mol. The minimum atomic E-state index is -4.43. The summed E-state index contributed by atoms with van der Waals surface area (Å²) in [7, 11) is 0. The second-order valence-electron chi connectivity index (χ2n) is 4.52. The van der Waals surface area contributed by atoms with Crippen molar-refractivity contribution in [3.05, 3.63) is 65.2 Å². The van der Waals surface area contributed by atoms with Crippen LogP contribution in [0.15, 0.2) is 42.6 Å². The number of nitrogens with one attached hydrogen (secondary N) is 1. The summed E-state index contributed by atoms with van der Waals surface area (Å²) in [5.41, 5.74) is 2.67. The van der Waals surface area contributed by atoms with Gasteiger partial charge in [-0.25, -0.2) is 4.39 Å². The fraction of sp³-hybridized carbons (Fsp3) is 0.214. The van der Waals surface area contributed by atoms with Gasteiger partial charge in [0.2, 0.25) is 0 Å². The molecule has 0 spiro atoms. The minimum absolute atomic E-state index is 0.312. The van der Waals surface area contributed by atoms with Crippen LogP contribution < -0.4 is 11.3 Å². The number of nitrogens with zero attached hydrogens (tertiary/aromatic N) is 1. The molecule has 21 heavy (non-hydrogen) atoms. The second-order valence-corrected chi connectivity index (χ2v) is 4.52. The molecule has 2 rings (SSSR count). The number of rotatable bonds is 4. The van der Waals surface area contributed by atoms with E-state index in [2.05, 4.69) is 10.4 Å². The summed E-state index contributed by atoms with van der Waals surface area (Å²) in [4.78, 5) is 3.78. The van der Waals surface area contributed by atoms with Crippen LogP contribution in [0.2, 0.25) is 0 Å². The zero-order chi connectivity index (χ0) is 15.5. The van der Waals surface area contributed by atoms with Crippen LogP contribution in [0, 0.1) is 5.82 Å². The van der Waals surface area contributed by atoms with E-state index in [1.807, 2.05) is 0 Å². The first-order chi connectivity index (χ1) is 9.90. The molecule has 1 aromatic carbocycles. The van der Waals surface area contributed by atoms with Gasteiger partial charge in [0.15, 0.2) is 0 Å². The van der Waals surface area contributed by atoms with Crippen molar-refractivity contribution in [1.29, 1.82) is 0 Å². The number of hydrazine groups is 1. The highest BCUT2D eigenvalue weighted by atomic mass is 19.4. The zero-order valence-corrected chi connectivity index (χ0v) is 10.9. The number of halogens is 4.